The van der Waals surface area contributed by atoms with E-state index in [0.29, 0.717) is 13.1 Å². The van der Waals surface area contributed by atoms with Gasteiger partial charge in [0, 0.05) is 20.2 Å². The molecule has 0 saturated heterocycles. The van der Waals surface area contributed by atoms with Crippen molar-refractivity contribution in [3.63, 3.8) is 0 Å². The van der Waals surface area contributed by atoms with Crippen LogP contribution < -0.4 is 10.1 Å². The van der Waals surface area contributed by atoms with Gasteiger partial charge in [0.05, 0.1) is 5.60 Å². The molecule has 0 aliphatic rings. The molecule has 0 amide bonds. The third-order valence-corrected chi connectivity index (χ3v) is 3.24. The molecule has 0 saturated carbocycles. The highest BCUT2D eigenvalue weighted by atomic mass is 16.5. The van der Waals surface area contributed by atoms with E-state index < -0.39 is 6.10 Å². The van der Waals surface area contributed by atoms with Crippen LogP contribution in [0.1, 0.15) is 25.0 Å². The normalized spacial score (nSPS) is 13.3. The van der Waals surface area contributed by atoms with E-state index in [4.69, 9.17) is 9.47 Å². The van der Waals surface area contributed by atoms with Gasteiger partial charge < -0.3 is 19.9 Å². The highest BCUT2D eigenvalue weighted by Gasteiger charge is 2.16. The summed E-state index contributed by atoms with van der Waals surface area (Å²) in [6, 6.07) is 6.02. The van der Waals surface area contributed by atoms with Gasteiger partial charge in [0.2, 0.25) is 0 Å². The second-order valence-corrected chi connectivity index (χ2v) is 5.83. The lowest BCUT2D eigenvalue weighted by Gasteiger charge is -2.24. The molecule has 1 atom stereocenters. The van der Waals surface area contributed by atoms with Crippen LogP contribution in [0.4, 0.5) is 0 Å². The van der Waals surface area contributed by atoms with Gasteiger partial charge in [-0.15, -0.1) is 0 Å². The molecule has 4 nitrogen and oxygen atoms in total. The van der Waals surface area contributed by atoms with Gasteiger partial charge in [0.25, 0.3) is 0 Å². The SMILES string of the molecule is COC(C)(C)CNCC(O)COc1ccc(C)cc1C. The third kappa shape index (κ3) is 5.90. The van der Waals surface area contributed by atoms with Gasteiger partial charge in [0.1, 0.15) is 18.5 Å². The molecule has 4 heteroatoms. The van der Waals surface area contributed by atoms with Gasteiger partial charge in [-0.25, -0.2) is 0 Å². The number of hydrogen-bond acceptors (Lipinski definition) is 4. The fourth-order valence-electron chi connectivity index (χ4n) is 1.82. The molecule has 0 bridgehead atoms. The van der Waals surface area contributed by atoms with Crippen LogP contribution in [0.5, 0.6) is 5.75 Å². The van der Waals surface area contributed by atoms with Crippen molar-refractivity contribution in [2.24, 2.45) is 0 Å². The minimum Gasteiger partial charge on any atom is -0.491 e. The van der Waals surface area contributed by atoms with Crippen molar-refractivity contribution in [1.29, 1.82) is 0 Å². The third-order valence-electron chi connectivity index (χ3n) is 3.24. The van der Waals surface area contributed by atoms with Crippen LogP contribution in [-0.4, -0.2) is 43.6 Å². The maximum Gasteiger partial charge on any atom is 0.122 e. The van der Waals surface area contributed by atoms with E-state index >= 15 is 0 Å². The van der Waals surface area contributed by atoms with Crippen LogP contribution in [0.15, 0.2) is 18.2 Å². The molecule has 1 aromatic carbocycles. The Labute approximate surface area is 122 Å². The summed E-state index contributed by atoms with van der Waals surface area (Å²) < 4.78 is 10.9. The summed E-state index contributed by atoms with van der Waals surface area (Å²) in [5, 5.41) is 13.1. The number of hydrogen-bond donors (Lipinski definition) is 2. The summed E-state index contributed by atoms with van der Waals surface area (Å²) in [7, 11) is 1.68. The molecule has 0 aliphatic carbocycles. The van der Waals surface area contributed by atoms with Crippen LogP contribution in [0.3, 0.4) is 0 Å². The first kappa shape index (κ1) is 17.0. The molecule has 0 aliphatic heterocycles. The molecule has 1 rings (SSSR count). The fraction of sp³-hybridized carbons (Fsp3) is 0.625. The first-order valence-corrected chi connectivity index (χ1v) is 6.98. The molecule has 0 radical (unpaired) electrons. The van der Waals surface area contributed by atoms with E-state index in [1.54, 1.807) is 7.11 Å². The molecule has 20 heavy (non-hydrogen) atoms. The minimum absolute atomic E-state index is 0.228. The summed E-state index contributed by atoms with van der Waals surface area (Å²) in [4.78, 5) is 0. The van der Waals surface area contributed by atoms with E-state index in [9.17, 15) is 5.11 Å². The highest BCUT2D eigenvalue weighted by Crippen LogP contribution is 2.18. The molecular formula is C16H27NO3. The molecule has 0 fully saturated rings. The van der Waals surface area contributed by atoms with Gasteiger partial charge in [-0.1, -0.05) is 17.7 Å². The molecule has 1 unspecified atom stereocenters. The first-order valence-electron chi connectivity index (χ1n) is 6.98. The summed E-state index contributed by atoms with van der Waals surface area (Å²) in [5.41, 5.74) is 2.07. The molecule has 0 heterocycles. The lowest BCUT2D eigenvalue weighted by molar-refractivity contribution is 0.0191. The van der Waals surface area contributed by atoms with Crippen molar-refractivity contribution in [1.82, 2.24) is 5.32 Å². The Morgan fingerprint density at radius 2 is 2.00 bits per heavy atom. The quantitative estimate of drug-likeness (QED) is 0.766. The van der Waals surface area contributed by atoms with Crippen molar-refractivity contribution >= 4 is 0 Å². The topological polar surface area (TPSA) is 50.7 Å². The predicted octanol–water partition coefficient (Wildman–Crippen LogP) is 2.06. The van der Waals surface area contributed by atoms with Gasteiger partial charge in [-0.05, 0) is 39.3 Å². The Morgan fingerprint density at radius 3 is 2.60 bits per heavy atom. The van der Waals surface area contributed by atoms with Gasteiger partial charge in [-0.2, -0.15) is 0 Å². The number of nitrogens with one attached hydrogen (secondary N) is 1. The Hall–Kier alpha value is -1.10. The van der Waals surface area contributed by atoms with Crippen LogP contribution in [0, 0.1) is 13.8 Å². The van der Waals surface area contributed by atoms with Crippen LogP contribution >= 0.6 is 0 Å². The van der Waals surface area contributed by atoms with Gasteiger partial charge >= 0.3 is 0 Å². The molecule has 114 valence electrons. The van der Waals surface area contributed by atoms with Crippen LogP contribution in [0.25, 0.3) is 0 Å². The van der Waals surface area contributed by atoms with Crippen LogP contribution in [0.2, 0.25) is 0 Å². The number of aliphatic hydroxyl groups excluding tert-OH is 1. The number of aliphatic hydroxyl groups is 1. The lowest BCUT2D eigenvalue weighted by atomic mass is 10.1. The van der Waals surface area contributed by atoms with Crippen molar-refractivity contribution in [2.45, 2.75) is 39.4 Å². The largest absolute Gasteiger partial charge is 0.491 e. The Kier molecular flexibility index (Phi) is 6.46. The summed E-state index contributed by atoms with van der Waals surface area (Å²) in [6.07, 6.45) is -0.539. The number of methoxy groups -OCH3 is 1. The fourth-order valence-corrected chi connectivity index (χ4v) is 1.82. The average Bonchev–Trinajstić information content (AvgIpc) is 2.37. The second-order valence-electron chi connectivity index (χ2n) is 5.83. The summed E-state index contributed by atoms with van der Waals surface area (Å²) in [6.45, 7) is 9.50. The number of aryl methyl sites for hydroxylation is 2. The lowest BCUT2D eigenvalue weighted by Crippen LogP contribution is -2.41. The van der Waals surface area contributed by atoms with E-state index in [1.165, 1.54) is 5.56 Å². The zero-order valence-electron chi connectivity index (χ0n) is 13.2. The number of rotatable bonds is 8. The molecule has 0 aromatic heterocycles. The van der Waals surface area contributed by atoms with E-state index in [-0.39, 0.29) is 12.2 Å². The monoisotopic (exact) mass is 281 g/mol. The van der Waals surface area contributed by atoms with Crippen molar-refractivity contribution < 1.29 is 14.6 Å². The maximum atomic E-state index is 9.90. The van der Waals surface area contributed by atoms with E-state index in [0.717, 1.165) is 11.3 Å². The van der Waals surface area contributed by atoms with Crippen molar-refractivity contribution in [3.8, 4) is 5.75 Å². The predicted molar refractivity (Wildman–Crippen MR) is 81.4 cm³/mol. The van der Waals surface area contributed by atoms with E-state index in [1.807, 2.05) is 39.8 Å². The van der Waals surface area contributed by atoms with Crippen molar-refractivity contribution in [2.75, 3.05) is 26.8 Å². The molecule has 0 spiro atoms. The second kappa shape index (κ2) is 7.62. The van der Waals surface area contributed by atoms with Crippen molar-refractivity contribution in [3.05, 3.63) is 29.3 Å². The first-order chi connectivity index (χ1) is 9.34. The van der Waals surface area contributed by atoms with Gasteiger partial charge in [0.15, 0.2) is 0 Å². The maximum absolute atomic E-state index is 9.90. The Balaban J connectivity index is 2.31. The smallest absolute Gasteiger partial charge is 0.122 e. The Morgan fingerprint density at radius 1 is 1.30 bits per heavy atom. The molecule has 1 aromatic rings. The number of benzene rings is 1. The molecular weight excluding hydrogens is 254 g/mol. The zero-order valence-corrected chi connectivity index (χ0v) is 13.2. The average molecular weight is 281 g/mol. The minimum atomic E-state index is -0.539. The Bertz CT molecular complexity index is 418. The summed E-state index contributed by atoms with van der Waals surface area (Å²) >= 11 is 0. The van der Waals surface area contributed by atoms with Crippen LogP contribution in [-0.2, 0) is 4.74 Å². The van der Waals surface area contributed by atoms with E-state index in [2.05, 4.69) is 11.4 Å². The number of ether oxygens (including phenoxy) is 2. The van der Waals surface area contributed by atoms with Gasteiger partial charge in [-0.3, -0.25) is 0 Å². The standard InChI is InChI=1S/C16H27NO3/c1-12-6-7-15(13(2)8-12)20-10-14(18)9-17-11-16(3,4)19-5/h6-8,14,17-18H,9-11H2,1-5H3. The summed E-state index contributed by atoms with van der Waals surface area (Å²) in [5.74, 6) is 0.826. The highest BCUT2D eigenvalue weighted by molar-refractivity contribution is 5.35. The molecule has 2 N–H and O–H groups in total. The zero-order chi connectivity index (χ0) is 15.2.